The Morgan fingerprint density at radius 1 is 1.38 bits per heavy atom. The van der Waals surface area contributed by atoms with Crippen molar-refractivity contribution in [2.75, 3.05) is 18.9 Å². The standard InChI is InChI=1S/C15H20ClNO3S/c1-10-11(2)21(18,19)6-4-17(10)9-13-8-14(16)7-12-3-5-20-15(12)13/h7-8,10-11H,3-6,9H2,1-2H3/t10-,11-/m0/s1. The van der Waals surface area contributed by atoms with E-state index in [1.54, 1.807) is 6.92 Å². The number of halogens is 1. The number of ether oxygens (including phenoxy) is 1. The molecule has 1 aromatic carbocycles. The van der Waals surface area contributed by atoms with Crippen molar-refractivity contribution in [3.05, 3.63) is 28.3 Å². The van der Waals surface area contributed by atoms with Crippen LogP contribution in [0.4, 0.5) is 0 Å². The highest BCUT2D eigenvalue weighted by atomic mass is 35.5. The molecule has 0 amide bonds. The topological polar surface area (TPSA) is 46.6 Å². The van der Waals surface area contributed by atoms with E-state index < -0.39 is 9.84 Å². The van der Waals surface area contributed by atoms with Crippen LogP contribution in [0.1, 0.15) is 25.0 Å². The van der Waals surface area contributed by atoms with Crippen LogP contribution in [0, 0.1) is 0 Å². The second-order valence-corrected chi connectivity index (χ2v) is 8.85. The Hall–Kier alpha value is -0.780. The molecule has 0 spiro atoms. The molecule has 21 heavy (non-hydrogen) atoms. The van der Waals surface area contributed by atoms with E-state index in [9.17, 15) is 8.42 Å². The molecular weight excluding hydrogens is 310 g/mol. The molecule has 2 atom stereocenters. The van der Waals surface area contributed by atoms with Gasteiger partial charge in [0.1, 0.15) is 5.75 Å². The predicted molar refractivity (Wildman–Crippen MR) is 83.8 cm³/mol. The SMILES string of the molecule is C[C@H]1[C@H](C)S(=O)(=O)CCN1Cc1cc(Cl)cc2c1OCC2. The number of benzene rings is 1. The Balaban J connectivity index is 1.85. The number of fused-ring (bicyclic) bond motifs is 1. The molecule has 0 radical (unpaired) electrons. The van der Waals surface area contributed by atoms with Crippen molar-refractivity contribution in [3.8, 4) is 5.75 Å². The van der Waals surface area contributed by atoms with Gasteiger partial charge in [0.2, 0.25) is 0 Å². The summed E-state index contributed by atoms with van der Waals surface area (Å²) in [7, 11) is -2.95. The van der Waals surface area contributed by atoms with E-state index in [4.69, 9.17) is 16.3 Å². The van der Waals surface area contributed by atoms with Gasteiger partial charge in [-0.2, -0.15) is 0 Å². The first kappa shape index (κ1) is 15.1. The highest BCUT2D eigenvalue weighted by molar-refractivity contribution is 7.92. The van der Waals surface area contributed by atoms with Crippen LogP contribution in [0.15, 0.2) is 12.1 Å². The summed E-state index contributed by atoms with van der Waals surface area (Å²) < 4.78 is 29.6. The molecule has 1 fully saturated rings. The average molecular weight is 330 g/mol. The third-order valence-corrected chi connectivity index (χ3v) is 7.18. The Labute approximate surface area is 131 Å². The van der Waals surface area contributed by atoms with Gasteiger partial charge < -0.3 is 4.74 Å². The van der Waals surface area contributed by atoms with Crippen LogP contribution >= 0.6 is 11.6 Å². The maximum absolute atomic E-state index is 12.0. The number of sulfone groups is 1. The summed E-state index contributed by atoms with van der Waals surface area (Å²) >= 11 is 6.19. The lowest BCUT2D eigenvalue weighted by atomic mass is 10.1. The minimum atomic E-state index is -2.95. The summed E-state index contributed by atoms with van der Waals surface area (Å²) in [5.41, 5.74) is 2.22. The Morgan fingerprint density at radius 2 is 2.14 bits per heavy atom. The minimum absolute atomic E-state index is 0.000199. The fourth-order valence-corrected chi connectivity index (χ4v) is 5.03. The summed E-state index contributed by atoms with van der Waals surface area (Å²) in [4.78, 5) is 2.21. The van der Waals surface area contributed by atoms with Gasteiger partial charge in [0, 0.05) is 36.1 Å². The molecule has 0 unspecified atom stereocenters. The molecule has 116 valence electrons. The fraction of sp³-hybridized carbons (Fsp3) is 0.600. The van der Waals surface area contributed by atoms with E-state index >= 15 is 0 Å². The molecule has 6 heteroatoms. The Morgan fingerprint density at radius 3 is 2.90 bits per heavy atom. The van der Waals surface area contributed by atoms with Gasteiger partial charge >= 0.3 is 0 Å². The van der Waals surface area contributed by atoms with E-state index in [1.807, 2.05) is 19.1 Å². The zero-order valence-electron chi connectivity index (χ0n) is 12.3. The van der Waals surface area contributed by atoms with Crippen molar-refractivity contribution >= 4 is 21.4 Å². The third kappa shape index (κ3) is 2.79. The summed E-state index contributed by atoms with van der Waals surface area (Å²) in [6, 6.07) is 3.89. The predicted octanol–water partition coefficient (Wildman–Crippen LogP) is 2.28. The van der Waals surface area contributed by atoms with E-state index in [-0.39, 0.29) is 17.0 Å². The molecular formula is C15H20ClNO3S. The molecule has 0 aromatic heterocycles. The first-order valence-corrected chi connectivity index (χ1v) is 9.37. The zero-order valence-corrected chi connectivity index (χ0v) is 13.9. The maximum atomic E-state index is 12.0. The lowest BCUT2D eigenvalue weighted by Gasteiger charge is -2.37. The van der Waals surface area contributed by atoms with Gasteiger partial charge in [-0.25, -0.2) is 8.42 Å². The monoisotopic (exact) mass is 329 g/mol. The molecule has 2 aliphatic heterocycles. The van der Waals surface area contributed by atoms with Crippen LogP contribution in [0.3, 0.4) is 0 Å². The van der Waals surface area contributed by atoms with Crippen LogP contribution in [0.5, 0.6) is 5.75 Å². The lowest BCUT2D eigenvalue weighted by molar-refractivity contribution is 0.195. The van der Waals surface area contributed by atoms with E-state index in [0.717, 1.165) is 28.3 Å². The second kappa shape index (κ2) is 5.45. The minimum Gasteiger partial charge on any atom is -0.493 e. The van der Waals surface area contributed by atoms with E-state index in [1.165, 1.54) is 0 Å². The molecule has 4 nitrogen and oxygen atoms in total. The molecule has 2 heterocycles. The van der Waals surface area contributed by atoms with Crippen LogP contribution in [0.2, 0.25) is 5.02 Å². The van der Waals surface area contributed by atoms with E-state index in [2.05, 4.69) is 4.90 Å². The highest BCUT2D eigenvalue weighted by Crippen LogP contribution is 2.34. The van der Waals surface area contributed by atoms with Gasteiger partial charge in [0.25, 0.3) is 0 Å². The lowest BCUT2D eigenvalue weighted by Crippen LogP contribution is -2.51. The quantitative estimate of drug-likeness (QED) is 0.835. The molecule has 0 N–H and O–H groups in total. The maximum Gasteiger partial charge on any atom is 0.155 e. The summed E-state index contributed by atoms with van der Waals surface area (Å²) in [6.45, 7) is 5.72. The fourth-order valence-electron chi connectivity index (χ4n) is 3.14. The molecule has 0 bridgehead atoms. The zero-order chi connectivity index (χ0) is 15.2. The first-order chi connectivity index (χ1) is 9.88. The van der Waals surface area contributed by atoms with Crippen molar-refractivity contribution in [2.24, 2.45) is 0 Å². The van der Waals surface area contributed by atoms with Gasteiger partial charge in [-0.05, 0) is 31.5 Å². The number of nitrogens with zero attached hydrogens (tertiary/aromatic N) is 1. The van der Waals surface area contributed by atoms with Crippen molar-refractivity contribution in [1.29, 1.82) is 0 Å². The average Bonchev–Trinajstić information content (AvgIpc) is 2.88. The van der Waals surface area contributed by atoms with Crippen LogP contribution in [-0.4, -0.2) is 43.5 Å². The van der Waals surface area contributed by atoms with Gasteiger partial charge in [-0.1, -0.05) is 11.6 Å². The summed E-state index contributed by atoms with van der Waals surface area (Å²) in [6.07, 6.45) is 0.892. The molecule has 3 rings (SSSR count). The molecule has 1 aromatic rings. The summed E-state index contributed by atoms with van der Waals surface area (Å²) in [5, 5.41) is 0.388. The number of hydrogen-bond donors (Lipinski definition) is 0. The van der Waals surface area contributed by atoms with Crippen molar-refractivity contribution < 1.29 is 13.2 Å². The van der Waals surface area contributed by atoms with Crippen molar-refractivity contribution in [1.82, 2.24) is 4.90 Å². The molecule has 0 saturated carbocycles. The molecule has 2 aliphatic rings. The van der Waals surface area contributed by atoms with E-state index in [0.29, 0.717) is 19.7 Å². The van der Waals surface area contributed by atoms with Gasteiger partial charge in [-0.15, -0.1) is 0 Å². The normalized spacial score (nSPS) is 28.1. The third-order valence-electron chi connectivity index (χ3n) is 4.68. The molecule has 1 saturated heterocycles. The Kier molecular flexibility index (Phi) is 3.93. The largest absolute Gasteiger partial charge is 0.493 e. The number of rotatable bonds is 2. The Bertz CT molecular complexity index is 659. The van der Waals surface area contributed by atoms with Crippen LogP contribution < -0.4 is 4.74 Å². The second-order valence-electron chi connectivity index (χ2n) is 5.93. The van der Waals surface area contributed by atoms with Gasteiger partial charge in [0.05, 0.1) is 17.6 Å². The van der Waals surface area contributed by atoms with Gasteiger partial charge in [-0.3, -0.25) is 4.90 Å². The smallest absolute Gasteiger partial charge is 0.155 e. The van der Waals surface area contributed by atoms with Gasteiger partial charge in [0.15, 0.2) is 9.84 Å². The molecule has 0 aliphatic carbocycles. The van der Waals surface area contributed by atoms with Crippen LogP contribution in [0.25, 0.3) is 0 Å². The van der Waals surface area contributed by atoms with Crippen molar-refractivity contribution in [2.45, 2.75) is 38.1 Å². The van der Waals surface area contributed by atoms with Crippen molar-refractivity contribution in [3.63, 3.8) is 0 Å². The highest BCUT2D eigenvalue weighted by Gasteiger charge is 2.36. The summed E-state index contributed by atoms with van der Waals surface area (Å²) in [5.74, 6) is 1.16. The first-order valence-electron chi connectivity index (χ1n) is 7.28. The van der Waals surface area contributed by atoms with Crippen LogP contribution in [-0.2, 0) is 22.8 Å². The number of hydrogen-bond acceptors (Lipinski definition) is 4.